The number of esters is 1. The van der Waals surface area contributed by atoms with E-state index >= 15 is 0 Å². The summed E-state index contributed by atoms with van der Waals surface area (Å²) in [4.78, 5) is 32.0. The zero-order valence-electron chi connectivity index (χ0n) is 23.4. The highest BCUT2D eigenvalue weighted by Crippen LogP contribution is 2.42. The van der Waals surface area contributed by atoms with Gasteiger partial charge >= 0.3 is 13.8 Å². The van der Waals surface area contributed by atoms with Crippen molar-refractivity contribution >= 4 is 19.7 Å². The van der Waals surface area contributed by atoms with Crippen molar-refractivity contribution in [3.63, 3.8) is 0 Å². The van der Waals surface area contributed by atoms with Crippen LogP contribution in [0.25, 0.3) is 0 Å². The number of aliphatic hydroxyl groups is 1. The van der Waals surface area contributed by atoms with Gasteiger partial charge in [0.15, 0.2) is 0 Å². The van der Waals surface area contributed by atoms with E-state index in [0.29, 0.717) is 0 Å². The number of carbonyl (C=O) groups is 2. The zero-order chi connectivity index (χ0) is 27.6. The molecule has 0 rings (SSSR count). The van der Waals surface area contributed by atoms with Gasteiger partial charge in [0.2, 0.25) is 5.91 Å². The Balaban J connectivity index is 3.46. The van der Waals surface area contributed by atoms with Crippen LogP contribution in [0.3, 0.4) is 0 Å². The van der Waals surface area contributed by atoms with Crippen LogP contribution in [0.5, 0.6) is 0 Å². The van der Waals surface area contributed by atoms with Crippen molar-refractivity contribution < 1.29 is 37.9 Å². The molecule has 0 aromatic carbocycles. The number of carbonyl (C=O) groups excluding carboxylic acids is 2. The van der Waals surface area contributed by atoms with Gasteiger partial charge in [-0.25, -0.2) is 4.57 Å². The van der Waals surface area contributed by atoms with E-state index < -0.39 is 26.5 Å². The molecule has 0 aromatic rings. The molecule has 2 unspecified atom stereocenters. The highest BCUT2D eigenvalue weighted by Gasteiger charge is 2.23. The Morgan fingerprint density at radius 1 is 0.757 bits per heavy atom. The molecule has 0 aliphatic heterocycles. The average molecular weight is 552 g/mol. The fraction of sp³-hybridized carbons (Fsp3) is 0.926. The fourth-order valence-electron chi connectivity index (χ4n) is 3.91. The lowest BCUT2D eigenvalue weighted by molar-refractivity contribution is -0.147. The molecule has 0 aliphatic rings. The largest absolute Gasteiger partial charge is 0.472 e. The molecule has 220 valence electrons. The highest BCUT2D eigenvalue weighted by molar-refractivity contribution is 7.47. The monoisotopic (exact) mass is 551 g/mol. The van der Waals surface area contributed by atoms with Crippen molar-refractivity contribution in [2.24, 2.45) is 0 Å². The molecule has 0 fully saturated rings. The van der Waals surface area contributed by atoms with E-state index in [1.807, 2.05) is 0 Å². The van der Waals surface area contributed by atoms with Crippen molar-refractivity contribution in [1.82, 2.24) is 5.32 Å². The highest BCUT2D eigenvalue weighted by atomic mass is 31.2. The average Bonchev–Trinajstić information content (AvgIpc) is 2.86. The Morgan fingerprint density at radius 2 is 1.22 bits per heavy atom. The van der Waals surface area contributed by atoms with Crippen LogP contribution in [0.4, 0.5) is 0 Å². The van der Waals surface area contributed by atoms with Crippen molar-refractivity contribution in [1.29, 1.82) is 0 Å². The fourth-order valence-corrected chi connectivity index (χ4v) is 4.67. The molecule has 0 heterocycles. The number of hydrogen-bond donors (Lipinski definition) is 3. The second-order valence-electron chi connectivity index (χ2n) is 9.82. The molecule has 0 bridgehead atoms. The van der Waals surface area contributed by atoms with E-state index in [4.69, 9.17) is 4.74 Å². The van der Waals surface area contributed by atoms with E-state index in [1.165, 1.54) is 96.8 Å². The Morgan fingerprint density at radius 3 is 1.68 bits per heavy atom. The first-order valence-corrected chi connectivity index (χ1v) is 16.0. The van der Waals surface area contributed by atoms with Crippen molar-refractivity contribution in [3.05, 3.63) is 0 Å². The molecule has 0 saturated heterocycles. The van der Waals surface area contributed by atoms with Crippen LogP contribution >= 0.6 is 7.82 Å². The molecule has 10 heteroatoms. The summed E-state index contributed by atoms with van der Waals surface area (Å²) < 4.78 is 26.0. The van der Waals surface area contributed by atoms with Gasteiger partial charge in [-0.2, -0.15) is 0 Å². The minimum Gasteiger partial charge on any atom is -0.463 e. The SMILES string of the molecule is CCCCCCCCCCCCCCCCCCCC(=O)OCC(O)COP(=O)(O)OCCNC(C)=O. The minimum absolute atomic E-state index is 0.0583. The topological polar surface area (TPSA) is 131 Å². The second-order valence-corrected chi connectivity index (χ2v) is 11.3. The molecule has 2 atom stereocenters. The molecule has 9 nitrogen and oxygen atoms in total. The second kappa shape index (κ2) is 25.3. The number of phosphoric ester groups is 1. The number of phosphoric acid groups is 1. The maximum atomic E-state index is 11.8. The molecule has 0 aromatic heterocycles. The van der Waals surface area contributed by atoms with E-state index in [1.54, 1.807) is 0 Å². The first-order chi connectivity index (χ1) is 17.8. The number of hydrogen-bond acceptors (Lipinski definition) is 7. The Hall–Kier alpha value is -0.990. The minimum atomic E-state index is -4.35. The van der Waals surface area contributed by atoms with Crippen molar-refractivity contribution in [2.75, 3.05) is 26.4 Å². The normalized spacial score (nSPS) is 13.7. The van der Waals surface area contributed by atoms with Gasteiger partial charge in [-0.3, -0.25) is 18.6 Å². The van der Waals surface area contributed by atoms with Gasteiger partial charge in [0.05, 0.1) is 13.2 Å². The summed E-state index contributed by atoms with van der Waals surface area (Å²) in [5.41, 5.74) is 0. The molecular weight excluding hydrogens is 497 g/mol. The number of rotatable bonds is 27. The molecule has 0 aliphatic carbocycles. The summed E-state index contributed by atoms with van der Waals surface area (Å²) in [7, 11) is -4.35. The summed E-state index contributed by atoms with van der Waals surface area (Å²) in [6.45, 7) is 2.59. The summed E-state index contributed by atoms with van der Waals surface area (Å²) >= 11 is 0. The predicted octanol–water partition coefficient (Wildman–Crippen LogP) is 6.20. The Bertz CT molecular complexity index is 605. The Labute approximate surface area is 225 Å². The van der Waals surface area contributed by atoms with Crippen LogP contribution in [0.15, 0.2) is 0 Å². The van der Waals surface area contributed by atoms with Crippen molar-refractivity contribution in [3.8, 4) is 0 Å². The summed E-state index contributed by atoms with van der Waals surface area (Å²) in [6, 6.07) is 0. The standard InChI is InChI=1S/C27H54NO8P/c1-3-4-5-6-7-8-9-10-11-12-13-14-15-16-17-18-19-20-27(31)34-23-26(30)24-36-37(32,33)35-22-21-28-25(2)29/h26,30H,3-24H2,1-2H3,(H,28,29)(H,32,33). The quantitative estimate of drug-likeness (QED) is 0.0624. The zero-order valence-corrected chi connectivity index (χ0v) is 24.3. The van der Waals surface area contributed by atoms with Gasteiger partial charge in [0.1, 0.15) is 12.7 Å². The third kappa shape index (κ3) is 27.9. The van der Waals surface area contributed by atoms with Gasteiger partial charge in [-0.1, -0.05) is 110 Å². The third-order valence-corrected chi connectivity index (χ3v) is 7.07. The smallest absolute Gasteiger partial charge is 0.463 e. The lowest BCUT2D eigenvalue weighted by Crippen LogP contribution is -2.25. The van der Waals surface area contributed by atoms with E-state index in [-0.39, 0.29) is 32.1 Å². The molecule has 1 amide bonds. The number of ether oxygens (including phenoxy) is 1. The van der Waals surface area contributed by atoms with Gasteiger partial charge < -0.3 is 20.1 Å². The summed E-state index contributed by atoms with van der Waals surface area (Å²) in [5.74, 6) is -0.692. The van der Waals surface area contributed by atoms with Gasteiger partial charge in [0, 0.05) is 19.9 Å². The first kappa shape index (κ1) is 36.0. The lowest BCUT2D eigenvalue weighted by atomic mass is 10.0. The maximum Gasteiger partial charge on any atom is 0.472 e. The third-order valence-electron chi connectivity index (χ3n) is 6.08. The van der Waals surface area contributed by atoms with Crippen LogP contribution in [-0.4, -0.2) is 54.3 Å². The van der Waals surface area contributed by atoms with E-state index in [2.05, 4.69) is 21.3 Å². The van der Waals surface area contributed by atoms with E-state index in [9.17, 15) is 24.2 Å². The van der Waals surface area contributed by atoms with Crippen LogP contribution in [0.1, 0.15) is 129 Å². The number of aliphatic hydroxyl groups excluding tert-OH is 1. The maximum absolute atomic E-state index is 11.8. The van der Waals surface area contributed by atoms with Gasteiger partial charge in [-0.15, -0.1) is 0 Å². The number of amides is 1. The molecule has 3 N–H and O–H groups in total. The molecular formula is C27H54NO8P. The van der Waals surface area contributed by atoms with Gasteiger partial charge in [0.25, 0.3) is 0 Å². The molecule has 0 radical (unpaired) electrons. The summed E-state index contributed by atoms with van der Waals surface area (Å²) in [5, 5.41) is 12.2. The van der Waals surface area contributed by atoms with Gasteiger partial charge in [-0.05, 0) is 6.42 Å². The van der Waals surface area contributed by atoms with E-state index in [0.717, 1.165) is 19.3 Å². The van der Waals surface area contributed by atoms with Crippen LogP contribution < -0.4 is 5.32 Å². The first-order valence-electron chi connectivity index (χ1n) is 14.5. The molecule has 37 heavy (non-hydrogen) atoms. The van der Waals surface area contributed by atoms with Crippen molar-refractivity contribution in [2.45, 2.75) is 136 Å². The summed E-state index contributed by atoms with van der Waals surface area (Å²) in [6.07, 6.45) is 20.7. The van der Waals surface area contributed by atoms with Crippen LogP contribution in [-0.2, 0) is 27.9 Å². The lowest BCUT2D eigenvalue weighted by Gasteiger charge is -2.15. The Kier molecular flexibility index (Phi) is 24.6. The molecule has 0 saturated carbocycles. The molecule has 0 spiro atoms. The predicted molar refractivity (Wildman–Crippen MR) is 146 cm³/mol. The number of unbranched alkanes of at least 4 members (excludes halogenated alkanes) is 16. The number of nitrogens with one attached hydrogen (secondary N) is 1. The van der Waals surface area contributed by atoms with Crippen LogP contribution in [0, 0.1) is 0 Å². The van der Waals surface area contributed by atoms with Crippen LogP contribution in [0.2, 0.25) is 0 Å².